The second-order valence-electron chi connectivity index (χ2n) is 7.94. The fourth-order valence-electron chi connectivity index (χ4n) is 3.85. The number of amides is 1. The Morgan fingerprint density at radius 2 is 1.97 bits per heavy atom. The summed E-state index contributed by atoms with van der Waals surface area (Å²) in [4.78, 5) is 21.0. The largest absolute Gasteiger partial charge is 0.339 e. The topological polar surface area (TPSA) is 94.5 Å². The molecule has 0 unspecified atom stereocenters. The van der Waals surface area contributed by atoms with E-state index in [0.29, 0.717) is 43.8 Å². The highest BCUT2D eigenvalue weighted by Crippen LogP contribution is 2.23. The van der Waals surface area contributed by atoms with Gasteiger partial charge in [-0.1, -0.05) is 6.07 Å². The van der Waals surface area contributed by atoms with Gasteiger partial charge < -0.3 is 15.1 Å². The van der Waals surface area contributed by atoms with Crippen LogP contribution in [0.3, 0.4) is 0 Å². The lowest BCUT2D eigenvalue weighted by Crippen LogP contribution is -2.49. The van der Waals surface area contributed by atoms with E-state index in [-0.39, 0.29) is 17.9 Å². The molecule has 1 aromatic carbocycles. The van der Waals surface area contributed by atoms with Crippen molar-refractivity contribution in [3.63, 3.8) is 0 Å². The van der Waals surface area contributed by atoms with Gasteiger partial charge in [0.2, 0.25) is 11.9 Å². The zero-order valence-electron chi connectivity index (χ0n) is 17.9. The maximum absolute atomic E-state index is 13.9. The lowest BCUT2D eigenvalue weighted by molar-refractivity contribution is -0.130. The number of hydrogen-bond acceptors (Lipinski definition) is 6. The zero-order valence-corrected chi connectivity index (χ0v) is 17.9. The van der Waals surface area contributed by atoms with Crippen LogP contribution in [-0.4, -0.2) is 61.8 Å². The fraction of sp³-hybridized carbons (Fsp3) is 0.273. The predicted octanol–water partition coefficient (Wildman–Crippen LogP) is 2.67. The number of hydrogen-bond donors (Lipinski definition) is 2. The number of anilines is 3. The van der Waals surface area contributed by atoms with Gasteiger partial charge in [-0.2, -0.15) is 10.1 Å². The number of halogens is 2. The van der Waals surface area contributed by atoms with Crippen LogP contribution in [0.2, 0.25) is 0 Å². The van der Waals surface area contributed by atoms with E-state index in [9.17, 15) is 13.6 Å². The van der Waals surface area contributed by atoms with Crippen LogP contribution >= 0.6 is 0 Å². The highest BCUT2D eigenvalue weighted by Gasteiger charge is 2.24. The second kappa shape index (κ2) is 8.49. The number of aromatic nitrogens is 5. The summed E-state index contributed by atoms with van der Waals surface area (Å²) in [7, 11) is 0. The third-order valence-corrected chi connectivity index (χ3v) is 5.60. The van der Waals surface area contributed by atoms with E-state index in [1.54, 1.807) is 9.42 Å². The number of rotatable bonds is 5. The molecule has 4 aromatic rings. The maximum atomic E-state index is 13.9. The molecule has 0 bridgehead atoms. The maximum Gasteiger partial charge on any atom is 0.245 e. The Bertz CT molecular complexity index is 1310. The van der Waals surface area contributed by atoms with Gasteiger partial charge in [0.25, 0.3) is 0 Å². The molecule has 0 spiro atoms. The summed E-state index contributed by atoms with van der Waals surface area (Å²) in [5, 5.41) is 14.9. The first-order valence-electron chi connectivity index (χ1n) is 10.6. The normalized spacial score (nSPS) is 14.2. The van der Waals surface area contributed by atoms with Gasteiger partial charge in [-0.15, -0.1) is 5.10 Å². The Morgan fingerprint density at radius 1 is 1.15 bits per heavy atom. The molecule has 11 heteroatoms. The molecule has 1 fully saturated rings. The number of nitrogens with zero attached hydrogens (tertiary/aromatic N) is 6. The minimum absolute atomic E-state index is 0.102. The number of carbonyl (C=O) groups is 1. The Balaban J connectivity index is 1.28. The van der Waals surface area contributed by atoms with Crippen LogP contribution in [0.5, 0.6) is 0 Å². The third kappa shape index (κ3) is 4.34. The molecule has 0 atom stereocenters. The fourth-order valence-corrected chi connectivity index (χ4v) is 3.85. The van der Waals surface area contributed by atoms with E-state index in [2.05, 4.69) is 20.6 Å². The van der Waals surface area contributed by atoms with Crippen LogP contribution in [0.15, 0.2) is 42.6 Å². The van der Waals surface area contributed by atoms with E-state index >= 15 is 0 Å². The van der Waals surface area contributed by atoms with Crippen molar-refractivity contribution in [2.45, 2.75) is 13.3 Å². The summed E-state index contributed by atoms with van der Waals surface area (Å²) in [5.74, 6) is 0.254. The van der Waals surface area contributed by atoms with Crippen molar-refractivity contribution in [2.24, 2.45) is 0 Å². The third-order valence-electron chi connectivity index (χ3n) is 5.60. The first kappa shape index (κ1) is 20.9. The molecular weight excluding hydrogens is 430 g/mol. The number of aromatic amines is 1. The lowest BCUT2D eigenvalue weighted by atomic mass is 10.1. The van der Waals surface area contributed by atoms with E-state index in [1.165, 1.54) is 6.07 Å². The molecule has 5 rings (SSSR count). The van der Waals surface area contributed by atoms with Crippen molar-refractivity contribution in [3.05, 3.63) is 65.5 Å². The molecular formula is C22H22F2N8O. The van der Waals surface area contributed by atoms with Crippen LogP contribution in [-0.2, 0) is 11.2 Å². The van der Waals surface area contributed by atoms with Gasteiger partial charge in [-0.25, -0.2) is 13.3 Å². The molecule has 0 radical (unpaired) electrons. The number of aryl methyl sites for hydroxylation is 1. The number of benzene rings is 1. The van der Waals surface area contributed by atoms with Gasteiger partial charge in [-0.05, 0) is 30.7 Å². The van der Waals surface area contributed by atoms with Crippen LogP contribution in [0, 0.1) is 18.6 Å². The smallest absolute Gasteiger partial charge is 0.245 e. The lowest BCUT2D eigenvalue weighted by Gasteiger charge is -2.34. The van der Waals surface area contributed by atoms with Gasteiger partial charge >= 0.3 is 0 Å². The molecule has 1 aliphatic heterocycles. The van der Waals surface area contributed by atoms with Crippen molar-refractivity contribution in [1.29, 1.82) is 0 Å². The van der Waals surface area contributed by atoms with Crippen molar-refractivity contribution in [2.75, 3.05) is 36.4 Å². The predicted molar refractivity (Wildman–Crippen MR) is 118 cm³/mol. The average Bonchev–Trinajstić information content (AvgIpc) is 3.44. The number of carbonyl (C=O) groups excluding carboxylic acids is 1. The molecule has 1 amide bonds. The van der Waals surface area contributed by atoms with Gasteiger partial charge in [0.15, 0.2) is 11.6 Å². The molecule has 9 nitrogen and oxygen atoms in total. The molecule has 0 saturated carbocycles. The van der Waals surface area contributed by atoms with Gasteiger partial charge in [0.1, 0.15) is 17.2 Å². The number of piperazine rings is 1. The number of H-pyrrole nitrogens is 1. The number of nitrogens with one attached hydrogen (secondary N) is 2. The first-order valence-corrected chi connectivity index (χ1v) is 10.6. The molecule has 3 aromatic heterocycles. The summed E-state index contributed by atoms with van der Waals surface area (Å²) < 4.78 is 28.8. The van der Waals surface area contributed by atoms with E-state index in [1.807, 2.05) is 36.2 Å². The minimum Gasteiger partial charge on any atom is -0.339 e. The first-order chi connectivity index (χ1) is 16.0. The SMILES string of the molecule is Cc1cc(Nc2nc(N3CCN(C(=O)Cc4ccc(F)cc4F)CC3)nn3cccc23)n[nH]1. The monoisotopic (exact) mass is 452 g/mol. The van der Waals surface area contributed by atoms with Crippen molar-refractivity contribution >= 4 is 29.0 Å². The van der Waals surface area contributed by atoms with Gasteiger partial charge in [0.05, 0.1) is 6.42 Å². The molecule has 170 valence electrons. The minimum atomic E-state index is -0.706. The Hall–Kier alpha value is -4.02. The van der Waals surface area contributed by atoms with Gasteiger partial charge in [-0.3, -0.25) is 9.89 Å². The van der Waals surface area contributed by atoms with Crippen molar-refractivity contribution in [1.82, 2.24) is 29.7 Å². The molecule has 33 heavy (non-hydrogen) atoms. The van der Waals surface area contributed by atoms with Crippen LogP contribution in [0.4, 0.5) is 26.4 Å². The Labute approximate surface area is 188 Å². The Morgan fingerprint density at radius 3 is 2.70 bits per heavy atom. The van der Waals surface area contributed by atoms with Crippen molar-refractivity contribution < 1.29 is 13.6 Å². The standard InChI is InChI=1S/C22H22F2N8O/c1-14-11-19(28-27-14)25-21-18-3-2-6-32(18)29-22(26-21)31-9-7-30(8-10-31)20(33)12-15-4-5-16(23)13-17(15)24/h2-6,11,13H,7-10,12H2,1H3,(H2,25,26,27,28,29). The molecule has 4 heterocycles. The highest BCUT2D eigenvalue weighted by molar-refractivity contribution is 5.79. The second-order valence-corrected chi connectivity index (χ2v) is 7.94. The molecule has 1 aliphatic rings. The van der Waals surface area contributed by atoms with Crippen molar-refractivity contribution in [3.8, 4) is 0 Å². The summed E-state index contributed by atoms with van der Waals surface area (Å²) in [5.41, 5.74) is 1.93. The average molecular weight is 452 g/mol. The summed E-state index contributed by atoms with van der Waals surface area (Å²) in [6.45, 7) is 3.89. The van der Waals surface area contributed by atoms with Crippen LogP contribution in [0.1, 0.15) is 11.3 Å². The van der Waals surface area contributed by atoms with E-state index in [4.69, 9.17) is 4.98 Å². The molecule has 0 aliphatic carbocycles. The molecule has 1 saturated heterocycles. The zero-order chi connectivity index (χ0) is 22.9. The quantitative estimate of drug-likeness (QED) is 0.484. The van der Waals surface area contributed by atoms with Crippen LogP contribution < -0.4 is 10.2 Å². The summed E-state index contributed by atoms with van der Waals surface area (Å²) >= 11 is 0. The summed E-state index contributed by atoms with van der Waals surface area (Å²) in [6, 6.07) is 8.96. The summed E-state index contributed by atoms with van der Waals surface area (Å²) in [6.07, 6.45) is 1.74. The van der Waals surface area contributed by atoms with E-state index in [0.717, 1.165) is 23.3 Å². The Kier molecular flexibility index (Phi) is 5.37. The highest BCUT2D eigenvalue weighted by atomic mass is 19.1. The van der Waals surface area contributed by atoms with Gasteiger partial charge in [0, 0.05) is 50.2 Å². The molecule has 2 N–H and O–H groups in total. The van der Waals surface area contributed by atoms with Crippen LogP contribution in [0.25, 0.3) is 5.52 Å². The van der Waals surface area contributed by atoms with E-state index < -0.39 is 11.6 Å². The number of fused-ring (bicyclic) bond motifs is 1.